The molecule has 1 saturated heterocycles. The van der Waals surface area contributed by atoms with Gasteiger partial charge in [0.15, 0.2) is 0 Å². The molecule has 0 saturated carbocycles. The van der Waals surface area contributed by atoms with Gasteiger partial charge in [0.2, 0.25) is 0 Å². The molecule has 14 heteroatoms. The van der Waals surface area contributed by atoms with Gasteiger partial charge >= 0.3 is 17.9 Å². The first kappa shape index (κ1) is 34.8. The summed E-state index contributed by atoms with van der Waals surface area (Å²) in [5.41, 5.74) is 1.54. The number of ether oxygens (including phenoxy) is 3. The SMILES string of the molecule is Cc1cc(Cl)cc(-c2ncnn3cc(Cn4c(=O)ccn(C(=O)OC(C)(C)C)c4=O)cc23)c1CC1CN(C(=O)OC(C)(C)C)C[C@H](C)O1. The summed E-state index contributed by atoms with van der Waals surface area (Å²) >= 11 is 6.58. The number of carbonyl (C=O) groups is 2. The number of carbonyl (C=O) groups excluding carboxylic acids is 2. The first-order valence-electron chi connectivity index (χ1n) is 15.7. The van der Waals surface area contributed by atoms with Crippen LogP contribution in [0.2, 0.25) is 5.02 Å². The van der Waals surface area contributed by atoms with Crippen molar-refractivity contribution in [2.45, 2.75) is 91.8 Å². The number of rotatable bonds is 5. The average molecular weight is 681 g/mol. The van der Waals surface area contributed by atoms with Gasteiger partial charge in [-0.3, -0.25) is 9.36 Å². The van der Waals surface area contributed by atoms with Crippen LogP contribution in [0.5, 0.6) is 0 Å². The molecule has 1 fully saturated rings. The fourth-order valence-electron chi connectivity index (χ4n) is 5.69. The fraction of sp³-hybridized carbons (Fsp3) is 0.471. The zero-order chi connectivity index (χ0) is 35.1. The molecule has 4 aromatic rings. The monoisotopic (exact) mass is 680 g/mol. The van der Waals surface area contributed by atoms with Crippen molar-refractivity contribution < 1.29 is 23.8 Å². The number of amides is 1. The lowest BCUT2D eigenvalue weighted by atomic mass is 9.93. The van der Waals surface area contributed by atoms with Crippen molar-refractivity contribution in [3.8, 4) is 11.3 Å². The smallest absolute Gasteiger partial charge is 0.422 e. The standard InChI is InChI=1S/C34H41ClN6O7/c1-20-11-23(35)13-26(25(20)14-24-18-38(15-21(2)46-24)31(44)47-33(3,4)5)29-27-12-22(17-41(27)37-19-36-29)16-40-28(42)9-10-39(30(40)43)32(45)48-34(6,7)8/h9-13,17,19,21,24H,14-16,18H2,1-8H3/t21-,24?/m0/s1. The maximum atomic E-state index is 13.2. The molecular formula is C34H41ClN6O7. The molecule has 1 amide bonds. The normalized spacial score (nSPS) is 17.1. The number of benzene rings is 1. The lowest BCUT2D eigenvalue weighted by Gasteiger charge is -2.38. The Hall–Kier alpha value is -4.49. The van der Waals surface area contributed by atoms with E-state index in [0.717, 1.165) is 38.1 Å². The minimum Gasteiger partial charge on any atom is -0.444 e. The summed E-state index contributed by atoms with van der Waals surface area (Å²) in [4.78, 5) is 57.9. The Morgan fingerprint density at radius 1 is 1.02 bits per heavy atom. The van der Waals surface area contributed by atoms with Crippen molar-refractivity contribution in [1.29, 1.82) is 0 Å². The maximum Gasteiger partial charge on any atom is 0.422 e. The Kier molecular flexibility index (Phi) is 9.57. The number of aromatic nitrogens is 5. The summed E-state index contributed by atoms with van der Waals surface area (Å²) in [6.07, 6.45) is 2.90. The Labute approximate surface area is 283 Å². The second-order valence-corrected chi connectivity index (χ2v) is 14.5. The number of hydrogen-bond donors (Lipinski definition) is 0. The second kappa shape index (κ2) is 13.2. The van der Waals surface area contributed by atoms with E-state index in [1.807, 2.05) is 46.8 Å². The van der Waals surface area contributed by atoms with E-state index in [0.29, 0.717) is 41.3 Å². The van der Waals surface area contributed by atoms with E-state index in [2.05, 4.69) is 10.1 Å². The Morgan fingerprint density at radius 3 is 2.40 bits per heavy atom. The van der Waals surface area contributed by atoms with Crippen LogP contribution in [0.3, 0.4) is 0 Å². The number of halogens is 1. The summed E-state index contributed by atoms with van der Waals surface area (Å²) in [5, 5.41) is 4.88. The van der Waals surface area contributed by atoms with Crippen LogP contribution in [0.4, 0.5) is 9.59 Å². The largest absolute Gasteiger partial charge is 0.444 e. The van der Waals surface area contributed by atoms with Gasteiger partial charge < -0.3 is 19.1 Å². The highest BCUT2D eigenvalue weighted by molar-refractivity contribution is 6.31. The molecule has 0 N–H and O–H groups in total. The van der Waals surface area contributed by atoms with Crippen molar-refractivity contribution in [2.75, 3.05) is 13.1 Å². The van der Waals surface area contributed by atoms with Gasteiger partial charge in [-0.05, 0) is 90.3 Å². The first-order valence-corrected chi connectivity index (χ1v) is 16.1. The lowest BCUT2D eigenvalue weighted by Crippen LogP contribution is -2.51. The van der Waals surface area contributed by atoms with Crippen molar-refractivity contribution in [3.05, 3.63) is 85.5 Å². The van der Waals surface area contributed by atoms with Gasteiger partial charge in [-0.15, -0.1) is 0 Å². The van der Waals surface area contributed by atoms with Crippen LogP contribution in [0.15, 0.2) is 52.6 Å². The fourth-order valence-corrected chi connectivity index (χ4v) is 5.96. The van der Waals surface area contributed by atoms with Gasteiger partial charge in [-0.2, -0.15) is 5.10 Å². The predicted molar refractivity (Wildman–Crippen MR) is 180 cm³/mol. The molecule has 2 atom stereocenters. The minimum absolute atomic E-state index is 0.125. The van der Waals surface area contributed by atoms with Gasteiger partial charge in [-0.1, -0.05) is 11.6 Å². The molecule has 0 spiro atoms. The third-order valence-corrected chi connectivity index (χ3v) is 7.78. The van der Waals surface area contributed by atoms with Crippen LogP contribution in [-0.2, 0) is 27.2 Å². The third kappa shape index (κ3) is 7.96. The molecule has 0 radical (unpaired) electrons. The van der Waals surface area contributed by atoms with Crippen molar-refractivity contribution in [1.82, 2.24) is 28.6 Å². The molecule has 3 aromatic heterocycles. The third-order valence-electron chi connectivity index (χ3n) is 7.57. The van der Waals surface area contributed by atoms with Crippen LogP contribution in [-0.4, -0.2) is 77.3 Å². The number of nitrogens with zero attached hydrogens (tertiary/aromatic N) is 6. The maximum absolute atomic E-state index is 13.2. The summed E-state index contributed by atoms with van der Waals surface area (Å²) in [5.74, 6) is 0. The van der Waals surface area contributed by atoms with E-state index >= 15 is 0 Å². The number of fused-ring (bicyclic) bond motifs is 1. The van der Waals surface area contributed by atoms with Crippen LogP contribution in [0.25, 0.3) is 16.8 Å². The molecule has 0 bridgehead atoms. The van der Waals surface area contributed by atoms with E-state index in [4.69, 9.17) is 25.8 Å². The second-order valence-electron chi connectivity index (χ2n) is 14.1. The minimum atomic E-state index is -0.883. The van der Waals surface area contributed by atoms with E-state index in [-0.39, 0.29) is 24.8 Å². The molecular weight excluding hydrogens is 640 g/mol. The highest BCUT2D eigenvalue weighted by atomic mass is 35.5. The zero-order valence-electron chi connectivity index (χ0n) is 28.4. The molecule has 0 aliphatic carbocycles. The highest BCUT2D eigenvalue weighted by Crippen LogP contribution is 2.33. The van der Waals surface area contributed by atoms with Gasteiger partial charge in [0.1, 0.15) is 17.5 Å². The van der Waals surface area contributed by atoms with Gasteiger partial charge in [0.25, 0.3) is 5.56 Å². The Morgan fingerprint density at radius 2 is 1.71 bits per heavy atom. The summed E-state index contributed by atoms with van der Waals surface area (Å²) < 4.78 is 20.6. The molecule has 4 heterocycles. The highest BCUT2D eigenvalue weighted by Gasteiger charge is 2.32. The van der Waals surface area contributed by atoms with Crippen LogP contribution < -0.4 is 11.2 Å². The van der Waals surface area contributed by atoms with E-state index < -0.39 is 28.5 Å². The van der Waals surface area contributed by atoms with Crippen molar-refractivity contribution in [2.24, 2.45) is 0 Å². The quantitative estimate of drug-likeness (QED) is 0.282. The van der Waals surface area contributed by atoms with Crippen molar-refractivity contribution >= 4 is 29.3 Å². The first-order chi connectivity index (χ1) is 22.4. The van der Waals surface area contributed by atoms with E-state index in [1.165, 1.54) is 6.33 Å². The molecule has 1 aromatic carbocycles. The topological polar surface area (TPSA) is 139 Å². The van der Waals surface area contributed by atoms with Gasteiger partial charge in [0.05, 0.1) is 43.1 Å². The molecule has 1 aliphatic heterocycles. The van der Waals surface area contributed by atoms with Crippen LogP contribution in [0, 0.1) is 6.92 Å². The summed E-state index contributed by atoms with van der Waals surface area (Å²) in [6, 6.07) is 6.64. The molecule has 1 unspecified atom stereocenters. The van der Waals surface area contributed by atoms with E-state index in [1.54, 1.807) is 42.4 Å². The Balaban J connectivity index is 1.49. The Bertz CT molecular complexity index is 1980. The molecule has 48 heavy (non-hydrogen) atoms. The lowest BCUT2D eigenvalue weighted by molar-refractivity contribution is -0.0791. The number of morpholine rings is 1. The van der Waals surface area contributed by atoms with E-state index in [9.17, 15) is 19.2 Å². The van der Waals surface area contributed by atoms with Gasteiger partial charge in [0, 0.05) is 35.5 Å². The van der Waals surface area contributed by atoms with Gasteiger partial charge in [-0.25, -0.2) is 28.5 Å². The predicted octanol–water partition coefficient (Wildman–Crippen LogP) is 5.08. The average Bonchev–Trinajstić information content (AvgIpc) is 3.37. The van der Waals surface area contributed by atoms with Crippen molar-refractivity contribution in [3.63, 3.8) is 0 Å². The number of hydrogen-bond acceptors (Lipinski definition) is 9. The molecule has 1 aliphatic rings. The summed E-state index contributed by atoms with van der Waals surface area (Å²) in [7, 11) is 0. The number of aryl methyl sites for hydroxylation is 1. The molecule has 256 valence electrons. The zero-order valence-corrected chi connectivity index (χ0v) is 29.2. The van der Waals surface area contributed by atoms with Crippen LogP contribution >= 0.6 is 11.6 Å². The van der Waals surface area contributed by atoms with Crippen LogP contribution in [0.1, 0.15) is 65.2 Å². The molecule has 5 rings (SSSR count). The summed E-state index contributed by atoms with van der Waals surface area (Å²) in [6.45, 7) is 15.1. The molecule has 13 nitrogen and oxygen atoms in total.